The van der Waals surface area contributed by atoms with Crippen LogP contribution in [0.25, 0.3) is 21.3 Å². The first-order valence-corrected chi connectivity index (χ1v) is 8.77. The van der Waals surface area contributed by atoms with Gasteiger partial charge in [-0.3, -0.25) is 0 Å². The van der Waals surface area contributed by atoms with Crippen LogP contribution in [0.4, 0.5) is 10.2 Å². The molecule has 3 aromatic rings. The van der Waals surface area contributed by atoms with Crippen LogP contribution in [0.1, 0.15) is 0 Å². The molecular formula is C17H18FN5S. The lowest BCUT2D eigenvalue weighted by molar-refractivity contribution is 0.178. The summed E-state index contributed by atoms with van der Waals surface area (Å²) in [4.78, 5) is 12.1. The molecule has 0 aliphatic carbocycles. The van der Waals surface area contributed by atoms with Crippen molar-refractivity contribution in [3.8, 4) is 11.1 Å². The first-order chi connectivity index (χ1) is 11.7. The molecule has 1 fully saturated rings. The topological polar surface area (TPSA) is 44.3 Å². The number of benzene rings is 1. The highest BCUT2D eigenvalue weighted by Gasteiger charge is 2.18. The van der Waals surface area contributed by atoms with Crippen molar-refractivity contribution in [1.82, 2.24) is 19.9 Å². The molecule has 0 bridgehead atoms. The van der Waals surface area contributed by atoms with E-state index in [1.54, 1.807) is 29.8 Å². The third kappa shape index (κ3) is 2.98. The summed E-state index contributed by atoms with van der Waals surface area (Å²) in [6, 6.07) is 6.55. The molecule has 2 aromatic heterocycles. The van der Waals surface area contributed by atoms with Crippen molar-refractivity contribution in [3.63, 3.8) is 0 Å². The van der Waals surface area contributed by atoms with Crippen molar-refractivity contribution in [1.29, 1.82) is 0 Å². The normalized spacial score (nSPS) is 16.6. The van der Waals surface area contributed by atoms with Crippen LogP contribution in [-0.2, 0) is 0 Å². The lowest BCUT2D eigenvalue weighted by Gasteiger charge is -2.32. The van der Waals surface area contributed by atoms with Crippen molar-refractivity contribution in [2.45, 2.75) is 0 Å². The number of piperazine rings is 1. The average Bonchev–Trinajstić information content (AvgIpc) is 3.03. The van der Waals surface area contributed by atoms with Gasteiger partial charge in [-0.05, 0) is 24.7 Å². The SMILES string of the molecule is CN1CCN(Nc2ncnc3scc(-c4ccc(F)cc4)c23)CC1. The van der Waals surface area contributed by atoms with Gasteiger partial charge >= 0.3 is 0 Å². The zero-order valence-electron chi connectivity index (χ0n) is 13.4. The van der Waals surface area contributed by atoms with Gasteiger partial charge in [-0.15, -0.1) is 11.3 Å². The van der Waals surface area contributed by atoms with Crippen LogP contribution in [0.15, 0.2) is 36.0 Å². The summed E-state index contributed by atoms with van der Waals surface area (Å²) in [5.41, 5.74) is 5.45. The van der Waals surface area contributed by atoms with Crippen molar-refractivity contribution in [2.24, 2.45) is 0 Å². The zero-order valence-corrected chi connectivity index (χ0v) is 14.2. The van der Waals surface area contributed by atoms with Crippen LogP contribution >= 0.6 is 11.3 Å². The second-order valence-corrected chi connectivity index (χ2v) is 6.82. The Morgan fingerprint density at radius 2 is 1.83 bits per heavy atom. The number of hydrogen-bond donors (Lipinski definition) is 1. The summed E-state index contributed by atoms with van der Waals surface area (Å²) >= 11 is 1.58. The zero-order chi connectivity index (χ0) is 16.5. The Kier molecular flexibility index (Phi) is 4.13. The van der Waals surface area contributed by atoms with E-state index in [1.165, 1.54) is 12.1 Å². The molecule has 7 heteroatoms. The van der Waals surface area contributed by atoms with Gasteiger partial charge in [-0.2, -0.15) is 0 Å². The summed E-state index contributed by atoms with van der Waals surface area (Å²) in [6.45, 7) is 3.93. The number of fused-ring (bicyclic) bond motifs is 1. The molecule has 124 valence electrons. The van der Waals surface area contributed by atoms with Crippen LogP contribution in [-0.4, -0.2) is 53.1 Å². The van der Waals surface area contributed by atoms with Crippen LogP contribution in [0.5, 0.6) is 0 Å². The van der Waals surface area contributed by atoms with E-state index in [4.69, 9.17) is 0 Å². The number of nitrogens with zero attached hydrogens (tertiary/aromatic N) is 4. The number of hydrazine groups is 1. The fraction of sp³-hybridized carbons (Fsp3) is 0.294. The highest BCUT2D eigenvalue weighted by Crippen LogP contribution is 2.36. The number of anilines is 1. The molecule has 0 atom stereocenters. The van der Waals surface area contributed by atoms with Gasteiger partial charge in [0.15, 0.2) is 5.82 Å². The number of thiophene rings is 1. The molecule has 1 aliphatic rings. The number of nitrogens with one attached hydrogen (secondary N) is 1. The van der Waals surface area contributed by atoms with Gasteiger partial charge in [0.05, 0.1) is 5.39 Å². The maximum atomic E-state index is 13.2. The van der Waals surface area contributed by atoms with Crippen molar-refractivity contribution < 1.29 is 4.39 Å². The Bertz CT molecular complexity index is 840. The van der Waals surface area contributed by atoms with Crippen LogP contribution in [0.3, 0.4) is 0 Å². The second kappa shape index (κ2) is 6.43. The third-order valence-corrected chi connectivity index (χ3v) is 5.18. The molecule has 0 amide bonds. The summed E-state index contributed by atoms with van der Waals surface area (Å²) in [5.74, 6) is 0.579. The van der Waals surface area contributed by atoms with Gasteiger partial charge < -0.3 is 10.3 Å². The predicted octanol–water partition coefficient (Wildman–Crippen LogP) is 3.07. The van der Waals surface area contributed by atoms with Gasteiger partial charge in [0, 0.05) is 37.1 Å². The number of rotatable bonds is 3. The summed E-state index contributed by atoms with van der Waals surface area (Å²) < 4.78 is 13.2. The standard InChI is InChI=1S/C17H18FN5S/c1-22-6-8-23(9-7-22)21-16-15-14(10-24-17(15)20-11-19-16)12-2-4-13(18)5-3-12/h2-5,10-11H,6-9H2,1H3,(H,19,20,21). The van der Waals surface area contributed by atoms with Gasteiger partial charge in [0.25, 0.3) is 0 Å². The van der Waals surface area contributed by atoms with E-state index in [-0.39, 0.29) is 5.82 Å². The monoisotopic (exact) mass is 343 g/mol. The molecule has 0 saturated carbocycles. The molecule has 1 aromatic carbocycles. The smallest absolute Gasteiger partial charge is 0.153 e. The van der Waals surface area contributed by atoms with Gasteiger partial charge in [-0.1, -0.05) is 12.1 Å². The number of hydrogen-bond acceptors (Lipinski definition) is 6. The van der Waals surface area contributed by atoms with Crippen LogP contribution in [0.2, 0.25) is 0 Å². The highest BCUT2D eigenvalue weighted by molar-refractivity contribution is 7.17. The molecule has 1 saturated heterocycles. The van der Waals surface area contributed by atoms with Crippen molar-refractivity contribution in [2.75, 3.05) is 38.7 Å². The molecule has 0 radical (unpaired) electrons. The van der Waals surface area contributed by atoms with Crippen LogP contribution < -0.4 is 5.43 Å². The summed E-state index contributed by atoms with van der Waals surface area (Å²) in [5, 5.41) is 5.24. The van der Waals surface area contributed by atoms with Crippen molar-refractivity contribution in [3.05, 3.63) is 41.8 Å². The van der Waals surface area contributed by atoms with E-state index in [0.29, 0.717) is 0 Å². The maximum absolute atomic E-state index is 13.2. The van der Waals surface area contributed by atoms with E-state index in [2.05, 4.69) is 37.7 Å². The van der Waals surface area contributed by atoms with E-state index >= 15 is 0 Å². The van der Waals surface area contributed by atoms with E-state index < -0.39 is 0 Å². The largest absolute Gasteiger partial charge is 0.304 e. The number of halogens is 1. The molecule has 5 nitrogen and oxygen atoms in total. The van der Waals surface area contributed by atoms with Gasteiger partial charge in [0.1, 0.15) is 17.0 Å². The molecule has 1 N–H and O–H groups in total. The summed E-state index contributed by atoms with van der Waals surface area (Å²) in [7, 11) is 2.13. The first-order valence-electron chi connectivity index (χ1n) is 7.89. The molecule has 0 spiro atoms. The molecule has 0 unspecified atom stereocenters. The fourth-order valence-corrected chi connectivity index (χ4v) is 3.79. The first kappa shape index (κ1) is 15.4. The maximum Gasteiger partial charge on any atom is 0.153 e. The Morgan fingerprint density at radius 3 is 2.58 bits per heavy atom. The van der Waals surface area contributed by atoms with E-state index in [9.17, 15) is 4.39 Å². The van der Waals surface area contributed by atoms with E-state index in [1.807, 2.05) is 0 Å². The molecular weight excluding hydrogens is 325 g/mol. The minimum Gasteiger partial charge on any atom is -0.304 e. The molecule has 1 aliphatic heterocycles. The Balaban J connectivity index is 1.70. The van der Waals surface area contributed by atoms with Gasteiger partial charge in [-0.25, -0.2) is 19.4 Å². The van der Waals surface area contributed by atoms with Crippen LogP contribution in [0, 0.1) is 5.82 Å². The lowest BCUT2D eigenvalue weighted by atomic mass is 10.1. The average molecular weight is 343 g/mol. The minimum atomic E-state index is -0.231. The number of likely N-dealkylation sites (N-methyl/N-ethyl adjacent to an activating group) is 1. The number of aromatic nitrogens is 2. The Hall–Kier alpha value is -2.09. The van der Waals surface area contributed by atoms with E-state index in [0.717, 1.165) is 53.3 Å². The third-order valence-electron chi connectivity index (χ3n) is 4.29. The Labute approximate surface area is 143 Å². The molecule has 24 heavy (non-hydrogen) atoms. The fourth-order valence-electron chi connectivity index (χ4n) is 2.87. The van der Waals surface area contributed by atoms with Crippen molar-refractivity contribution >= 4 is 27.4 Å². The summed E-state index contributed by atoms with van der Waals surface area (Å²) in [6.07, 6.45) is 1.59. The molecule has 3 heterocycles. The predicted molar refractivity (Wildman–Crippen MR) is 95.5 cm³/mol. The molecule has 4 rings (SSSR count). The quantitative estimate of drug-likeness (QED) is 0.792. The lowest BCUT2D eigenvalue weighted by Crippen LogP contribution is -2.47. The second-order valence-electron chi connectivity index (χ2n) is 5.96. The Morgan fingerprint density at radius 1 is 1.08 bits per heavy atom. The highest BCUT2D eigenvalue weighted by atomic mass is 32.1. The van der Waals surface area contributed by atoms with Gasteiger partial charge in [0.2, 0.25) is 0 Å². The minimum absolute atomic E-state index is 0.231.